The van der Waals surface area contributed by atoms with Crippen LogP contribution in [0.4, 0.5) is 5.82 Å². The Morgan fingerprint density at radius 2 is 1.97 bits per heavy atom. The lowest BCUT2D eigenvalue weighted by Gasteiger charge is -2.17. The Hall–Kier alpha value is -3.58. The summed E-state index contributed by atoms with van der Waals surface area (Å²) in [6, 6.07) is 11.2. The molecule has 30 heavy (non-hydrogen) atoms. The molecule has 0 aliphatic rings. The van der Waals surface area contributed by atoms with Gasteiger partial charge in [-0.15, -0.1) is 0 Å². The number of nitrogens with one attached hydrogen (secondary N) is 2. The van der Waals surface area contributed by atoms with Crippen molar-refractivity contribution in [2.75, 3.05) is 5.32 Å². The molecule has 4 rings (SSSR count). The molecule has 0 spiro atoms. The zero-order valence-corrected chi connectivity index (χ0v) is 16.7. The number of carbonyl (C=O) groups is 2. The number of rotatable bonds is 6. The molecule has 0 radical (unpaired) electrons. The maximum Gasteiger partial charge on any atom is 0.339 e. The van der Waals surface area contributed by atoms with Gasteiger partial charge < -0.3 is 20.5 Å². The van der Waals surface area contributed by atoms with E-state index >= 15 is 0 Å². The molecule has 7 nitrogen and oxygen atoms in total. The van der Waals surface area contributed by atoms with Crippen LogP contribution in [0.2, 0.25) is 5.02 Å². The minimum atomic E-state index is -1.21. The van der Waals surface area contributed by atoms with Crippen molar-refractivity contribution >= 4 is 51.2 Å². The minimum absolute atomic E-state index is 0.000689. The van der Waals surface area contributed by atoms with Crippen molar-refractivity contribution in [3.05, 3.63) is 70.4 Å². The van der Waals surface area contributed by atoms with Crippen molar-refractivity contribution < 1.29 is 19.8 Å². The van der Waals surface area contributed by atoms with Crippen LogP contribution in [-0.4, -0.2) is 38.2 Å². The van der Waals surface area contributed by atoms with Gasteiger partial charge in [-0.1, -0.05) is 23.2 Å². The number of nitrogens with zero attached hydrogens (tertiary/aromatic N) is 1. The molecular weight excluding hydrogens is 406 g/mol. The summed E-state index contributed by atoms with van der Waals surface area (Å²) in [5.74, 6) is -2.31. The van der Waals surface area contributed by atoms with Crippen molar-refractivity contribution in [2.24, 2.45) is 0 Å². The first-order valence-electron chi connectivity index (χ1n) is 9.21. The third-order valence-electron chi connectivity index (χ3n) is 4.96. The summed E-state index contributed by atoms with van der Waals surface area (Å²) >= 11 is 5.98. The summed E-state index contributed by atoms with van der Waals surface area (Å²) in [4.78, 5) is 31.2. The van der Waals surface area contributed by atoms with Crippen LogP contribution in [0.3, 0.4) is 0 Å². The Labute approximate surface area is 176 Å². The SMILES string of the molecule is Cc1ccc2[nH]cc(CC(Nc3nc4ccc(Cl)cc4cc3C(=O)O)C(=O)O)c2c1. The van der Waals surface area contributed by atoms with Gasteiger partial charge >= 0.3 is 11.9 Å². The number of carboxylic acid groups (broad SMARTS) is 2. The highest BCUT2D eigenvalue weighted by molar-refractivity contribution is 6.31. The number of aromatic amines is 1. The summed E-state index contributed by atoms with van der Waals surface area (Å²) in [5.41, 5.74) is 3.18. The Morgan fingerprint density at radius 3 is 2.70 bits per heavy atom. The van der Waals surface area contributed by atoms with Crippen molar-refractivity contribution in [1.29, 1.82) is 0 Å². The van der Waals surface area contributed by atoms with Gasteiger partial charge in [0.05, 0.1) is 5.52 Å². The van der Waals surface area contributed by atoms with Gasteiger partial charge in [0.15, 0.2) is 0 Å². The number of aromatic carboxylic acids is 1. The topological polar surface area (TPSA) is 115 Å². The van der Waals surface area contributed by atoms with E-state index in [2.05, 4.69) is 15.3 Å². The molecular formula is C22H18ClN3O4. The van der Waals surface area contributed by atoms with E-state index in [-0.39, 0.29) is 17.8 Å². The summed E-state index contributed by atoms with van der Waals surface area (Å²) in [7, 11) is 0. The van der Waals surface area contributed by atoms with Crippen LogP contribution in [0.15, 0.2) is 48.7 Å². The lowest BCUT2D eigenvalue weighted by molar-refractivity contribution is -0.137. The molecule has 0 saturated carbocycles. The zero-order valence-electron chi connectivity index (χ0n) is 15.9. The van der Waals surface area contributed by atoms with E-state index in [0.29, 0.717) is 15.9 Å². The molecule has 1 unspecified atom stereocenters. The van der Waals surface area contributed by atoms with Crippen LogP contribution in [0.5, 0.6) is 0 Å². The number of H-pyrrole nitrogens is 1. The molecule has 0 bridgehead atoms. The second-order valence-corrected chi connectivity index (χ2v) is 7.57. The van der Waals surface area contributed by atoms with Gasteiger partial charge in [-0.2, -0.15) is 0 Å². The first kappa shape index (κ1) is 19.7. The summed E-state index contributed by atoms with van der Waals surface area (Å²) < 4.78 is 0. The molecule has 8 heteroatoms. The van der Waals surface area contributed by atoms with Crippen molar-refractivity contribution in [3.63, 3.8) is 0 Å². The third-order valence-corrected chi connectivity index (χ3v) is 5.20. The number of anilines is 1. The van der Waals surface area contributed by atoms with Crippen LogP contribution in [-0.2, 0) is 11.2 Å². The minimum Gasteiger partial charge on any atom is -0.480 e. The Bertz CT molecular complexity index is 1300. The first-order valence-corrected chi connectivity index (χ1v) is 9.59. The van der Waals surface area contributed by atoms with E-state index < -0.39 is 18.0 Å². The number of aromatic nitrogens is 2. The Morgan fingerprint density at radius 1 is 1.17 bits per heavy atom. The van der Waals surface area contributed by atoms with Gasteiger partial charge in [0, 0.05) is 33.9 Å². The molecule has 0 saturated heterocycles. The van der Waals surface area contributed by atoms with E-state index in [1.165, 1.54) is 6.07 Å². The largest absolute Gasteiger partial charge is 0.480 e. The third kappa shape index (κ3) is 3.79. The van der Waals surface area contributed by atoms with Crippen LogP contribution in [0.25, 0.3) is 21.8 Å². The number of benzene rings is 2. The standard InChI is InChI=1S/C22H18ClN3O4/c1-11-2-4-18-15(6-11)13(10-24-18)9-19(22(29)30)26-20-16(21(27)28)8-12-7-14(23)3-5-17(12)25-20/h2-8,10,19,24H,9H2,1H3,(H,25,26)(H,27,28)(H,29,30). The molecule has 2 heterocycles. The predicted molar refractivity (Wildman–Crippen MR) is 115 cm³/mol. The molecule has 0 aliphatic heterocycles. The van der Waals surface area contributed by atoms with E-state index in [4.69, 9.17) is 11.6 Å². The number of aryl methyl sites for hydroxylation is 1. The smallest absolute Gasteiger partial charge is 0.339 e. The molecule has 0 fully saturated rings. The fourth-order valence-electron chi connectivity index (χ4n) is 3.47. The predicted octanol–water partition coefficient (Wildman–Crippen LogP) is 4.48. The zero-order chi connectivity index (χ0) is 21.4. The maximum absolute atomic E-state index is 12.0. The highest BCUT2D eigenvalue weighted by Crippen LogP contribution is 2.26. The summed E-state index contributed by atoms with van der Waals surface area (Å²) in [6.07, 6.45) is 1.92. The quantitative estimate of drug-likeness (QED) is 0.363. The van der Waals surface area contributed by atoms with Crippen molar-refractivity contribution in [1.82, 2.24) is 9.97 Å². The van der Waals surface area contributed by atoms with Crippen molar-refractivity contribution in [3.8, 4) is 0 Å². The lowest BCUT2D eigenvalue weighted by atomic mass is 10.0. The number of hydrogen-bond acceptors (Lipinski definition) is 4. The van der Waals surface area contributed by atoms with Gasteiger partial charge in [-0.25, -0.2) is 14.6 Å². The van der Waals surface area contributed by atoms with Crippen LogP contribution >= 0.6 is 11.6 Å². The number of carboxylic acids is 2. The van der Waals surface area contributed by atoms with E-state index in [1.54, 1.807) is 24.4 Å². The molecule has 0 amide bonds. The summed E-state index contributed by atoms with van der Waals surface area (Å²) in [5, 5.41) is 24.1. The maximum atomic E-state index is 12.0. The normalized spacial score (nSPS) is 12.2. The van der Waals surface area contributed by atoms with Crippen LogP contribution in [0, 0.1) is 6.92 Å². The van der Waals surface area contributed by atoms with E-state index in [1.807, 2.05) is 25.1 Å². The Balaban J connectivity index is 1.72. The number of hydrogen-bond donors (Lipinski definition) is 4. The van der Waals surface area contributed by atoms with Gasteiger partial charge in [0.1, 0.15) is 17.4 Å². The average Bonchev–Trinajstić information content (AvgIpc) is 3.08. The van der Waals surface area contributed by atoms with E-state index in [9.17, 15) is 19.8 Å². The fourth-order valence-corrected chi connectivity index (χ4v) is 3.65. The molecule has 1 atom stereocenters. The number of aliphatic carboxylic acids is 1. The molecule has 2 aromatic carbocycles. The number of fused-ring (bicyclic) bond motifs is 2. The number of pyridine rings is 1. The second kappa shape index (κ2) is 7.68. The molecule has 4 aromatic rings. The van der Waals surface area contributed by atoms with E-state index in [0.717, 1.165) is 22.0 Å². The highest BCUT2D eigenvalue weighted by Gasteiger charge is 2.23. The first-order chi connectivity index (χ1) is 14.3. The summed E-state index contributed by atoms with van der Waals surface area (Å²) in [6.45, 7) is 1.97. The Kier molecular flexibility index (Phi) is 5.05. The molecule has 0 aliphatic carbocycles. The van der Waals surface area contributed by atoms with Gasteiger partial charge in [-0.3, -0.25) is 0 Å². The molecule has 4 N–H and O–H groups in total. The van der Waals surface area contributed by atoms with Gasteiger partial charge in [0.2, 0.25) is 0 Å². The van der Waals surface area contributed by atoms with Gasteiger partial charge in [-0.05, 0) is 48.9 Å². The second-order valence-electron chi connectivity index (χ2n) is 7.13. The molecule has 152 valence electrons. The lowest BCUT2D eigenvalue weighted by Crippen LogP contribution is -2.32. The highest BCUT2D eigenvalue weighted by atomic mass is 35.5. The molecule has 2 aromatic heterocycles. The fraction of sp³-hybridized carbons (Fsp3) is 0.136. The van der Waals surface area contributed by atoms with Crippen LogP contribution < -0.4 is 5.32 Å². The monoisotopic (exact) mass is 423 g/mol. The van der Waals surface area contributed by atoms with Crippen LogP contribution in [0.1, 0.15) is 21.5 Å². The average molecular weight is 424 g/mol. The van der Waals surface area contributed by atoms with Crippen molar-refractivity contribution in [2.45, 2.75) is 19.4 Å². The number of halogens is 1. The van der Waals surface area contributed by atoms with Gasteiger partial charge in [0.25, 0.3) is 0 Å².